The number of imide groups is 1. The maximum absolute atomic E-state index is 14.2. The third-order valence-corrected chi connectivity index (χ3v) is 8.31. The molecule has 2 aliphatic heterocycles. The first-order valence-corrected chi connectivity index (χ1v) is 13.0. The van der Waals surface area contributed by atoms with E-state index in [-0.39, 0.29) is 11.4 Å². The number of anilines is 1. The number of fused-ring (bicyclic) bond motifs is 7. The number of benzene rings is 4. The predicted molar refractivity (Wildman–Crippen MR) is 148 cm³/mol. The third-order valence-electron chi connectivity index (χ3n) is 8.31. The molecular weight excluding hydrogens is 508 g/mol. The summed E-state index contributed by atoms with van der Waals surface area (Å²) < 4.78 is 5.91. The molecule has 0 spiro atoms. The second-order valence-electron chi connectivity index (χ2n) is 10.4. The van der Waals surface area contributed by atoms with Gasteiger partial charge in [-0.2, -0.15) is 0 Å². The van der Waals surface area contributed by atoms with Crippen LogP contribution < -0.4 is 9.64 Å². The number of amides is 2. The van der Waals surface area contributed by atoms with Crippen molar-refractivity contribution in [3.8, 4) is 5.75 Å². The average Bonchev–Trinajstić information content (AvgIpc) is 3.22. The van der Waals surface area contributed by atoms with Crippen LogP contribution in [0.2, 0.25) is 0 Å². The maximum Gasteiger partial charge on any atom is 0.319 e. The normalized spacial score (nSPS) is 23.3. The Morgan fingerprint density at radius 2 is 1.57 bits per heavy atom. The molecule has 0 aromatic heterocycles. The number of aryl methyl sites for hydroxylation is 1. The minimum absolute atomic E-state index is 0.155. The molecule has 3 aliphatic rings. The highest BCUT2D eigenvalue weighted by molar-refractivity contribution is 6.25. The van der Waals surface area contributed by atoms with Crippen LogP contribution in [-0.2, 0) is 14.4 Å². The number of rotatable bonds is 3. The summed E-state index contributed by atoms with van der Waals surface area (Å²) >= 11 is 0. The first kappa shape index (κ1) is 24.0. The van der Waals surface area contributed by atoms with Crippen LogP contribution in [0.5, 0.6) is 5.75 Å². The minimum atomic E-state index is -1.02. The molecule has 196 valence electrons. The van der Waals surface area contributed by atoms with E-state index in [9.17, 15) is 24.5 Å². The van der Waals surface area contributed by atoms with Crippen molar-refractivity contribution in [2.75, 3.05) is 4.90 Å². The van der Waals surface area contributed by atoms with Gasteiger partial charge in [-0.05, 0) is 29.0 Å². The van der Waals surface area contributed by atoms with E-state index in [1.165, 1.54) is 18.2 Å². The molecule has 4 atom stereocenters. The van der Waals surface area contributed by atoms with Crippen molar-refractivity contribution in [3.63, 3.8) is 0 Å². The van der Waals surface area contributed by atoms with E-state index in [0.29, 0.717) is 22.4 Å². The van der Waals surface area contributed by atoms with Crippen molar-refractivity contribution in [2.45, 2.75) is 12.8 Å². The monoisotopic (exact) mass is 530 g/mol. The molecule has 2 amide bonds. The van der Waals surface area contributed by atoms with Gasteiger partial charge in [0.1, 0.15) is 5.75 Å². The number of carbonyl (C=O) groups excluding carboxylic acids is 3. The smallest absolute Gasteiger partial charge is 0.319 e. The van der Waals surface area contributed by atoms with Gasteiger partial charge in [0, 0.05) is 29.0 Å². The highest BCUT2D eigenvalue weighted by Crippen LogP contribution is 2.55. The van der Waals surface area contributed by atoms with Gasteiger partial charge in [0.25, 0.3) is 5.69 Å². The second kappa shape index (κ2) is 8.71. The molecule has 0 saturated carbocycles. The van der Waals surface area contributed by atoms with Crippen LogP contribution >= 0.6 is 0 Å². The summed E-state index contributed by atoms with van der Waals surface area (Å²) in [6, 6.07) is 25.0. The van der Waals surface area contributed by atoms with E-state index in [0.717, 1.165) is 21.2 Å². The third kappa shape index (κ3) is 3.35. The van der Waals surface area contributed by atoms with Gasteiger partial charge in [0.15, 0.2) is 0 Å². The highest BCUT2D eigenvalue weighted by atomic mass is 16.6. The summed E-state index contributed by atoms with van der Waals surface area (Å²) in [6.07, 6.45) is 1.93. The second-order valence-corrected chi connectivity index (χ2v) is 10.4. The molecule has 7 rings (SSSR count). The number of nitro groups is 1. The molecule has 4 aromatic rings. The van der Waals surface area contributed by atoms with Gasteiger partial charge in [-0.25, -0.2) is 4.90 Å². The Morgan fingerprint density at radius 1 is 0.850 bits per heavy atom. The van der Waals surface area contributed by atoms with Gasteiger partial charge < -0.3 is 4.74 Å². The van der Waals surface area contributed by atoms with Crippen LogP contribution in [0.3, 0.4) is 0 Å². The van der Waals surface area contributed by atoms with Gasteiger partial charge in [0.05, 0.1) is 28.4 Å². The summed E-state index contributed by atoms with van der Waals surface area (Å²) in [5.41, 5.74) is 2.68. The van der Waals surface area contributed by atoms with Crippen LogP contribution in [0.1, 0.15) is 22.6 Å². The largest absolute Gasteiger partial charge is 0.425 e. The first-order valence-electron chi connectivity index (χ1n) is 13.0. The molecule has 1 fully saturated rings. The molecule has 0 unspecified atom stereocenters. The number of nitrogens with zero attached hydrogens (tertiary/aromatic N) is 2. The van der Waals surface area contributed by atoms with E-state index in [1.54, 1.807) is 6.92 Å². The molecule has 1 saturated heterocycles. The molecule has 4 aromatic carbocycles. The van der Waals surface area contributed by atoms with Crippen LogP contribution in [0, 0.1) is 34.8 Å². The number of hydrogen-bond donors (Lipinski definition) is 0. The quantitative estimate of drug-likeness (QED) is 0.113. The lowest BCUT2D eigenvalue weighted by atomic mass is 9.64. The zero-order chi connectivity index (χ0) is 27.7. The average molecular weight is 531 g/mol. The fourth-order valence-corrected chi connectivity index (χ4v) is 6.48. The van der Waals surface area contributed by atoms with E-state index in [1.807, 2.05) is 72.8 Å². The molecular formula is C32H22N2O6. The zero-order valence-corrected chi connectivity index (χ0v) is 21.3. The number of allylic oxidation sites excluding steroid dienone is 1. The standard InChI is InChI=1S/C32H22N2O6/c1-17-11-13-20(34(38)39)15-25(17)33-30(35)26-23(18-7-3-2-4-8-18)16-24-22-14-12-19-9-5-6-10-21(19)29(22)40-32(37)27(24)28(26)31(33)36/h2-16,23,26-28H,1H3/t23-,26+,27-,28+/m1/s1. The van der Waals surface area contributed by atoms with Crippen molar-refractivity contribution in [3.05, 3.63) is 118 Å². The van der Waals surface area contributed by atoms with Gasteiger partial charge in [-0.3, -0.25) is 24.5 Å². The summed E-state index contributed by atoms with van der Waals surface area (Å²) in [7, 11) is 0. The molecule has 8 heteroatoms. The molecule has 40 heavy (non-hydrogen) atoms. The van der Waals surface area contributed by atoms with Gasteiger partial charge in [-0.15, -0.1) is 0 Å². The fraction of sp³-hybridized carbons (Fsp3) is 0.156. The van der Waals surface area contributed by atoms with Gasteiger partial charge in [-0.1, -0.05) is 78.9 Å². The molecule has 0 bridgehead atoms. The number of esters is 1. The van der Waals surface area contributed by atoms with Crippen molar-refractivity contribution in [1.82, 2.24) is 0 Å². The van der Waals surface area contributed by atoms with Crippen LogP contribution in [0.25, 0.3) is 16.3 Å². The van der Waals surface area contributed by atoms with E-state index >= 15 is 0 Å². The molecule has 1 aliphatic carbocycles. The lowest BCUT2D eigenvalue weighted by Crippen LogP contribution is -2.42. The number of hydrogen-bond acceptors (Lipinski definition) is 6. The van der Waals surface area contributed by atoms with Gasteiger partial charge in [0.2, 0.25) is 11.8 Å². The molecule has 8 nitrogen and oxygen atoms in total. The SMILES string of the molecule is Cc1ccc([N+](=O)[O-])cc1N1C(=O)[C@@H]2[C@@H]3C(=O)Oc4c(ccc5ccccc45)C3=C[C@H](c3ccccc3)[C@@H]2C1=O. The maximum atomic E-state index is 14.2. The van der Waals surface area contributed by atoms with Crippen LogP contribution in [0.15, 0.2) is 91.0 Å². The lowest BCUT2D eigenvalue weighted by Gasteiger charge is -2.38. The Kier molecular flexibility index (Phi) is 5.22. The summed E-state index contributed by atoms with van der Waals surface area (Å²) in [6.45, 7) is 1.69. The summed E-state index contributed by atoms with van der Waals surface area (Å²) in [5.74, 6) is -4.58. The van der Waals surface area contributed by atoms with Gasteiger partial charge >= 0.3 is 5.97 Å². The van der Waals surface area contributed by atoms with E-state index < -0.39 is 46.4 Å². The zero-order valence-electron chi connectivity index (χ0n) is 21.3. The van der Waals surface area contributed by atoms with E-state index in [2.05, 4.69) is 0 Å². The molecule has 0 radical (unpaired) electrons. The Labute approximate surface area is 228 Å². The Hall–Kier alpha value is -5.11. The first-order chi connectivity index (χ1) is 19.3. The number of ether oxygens (including phenoxy) is 1. The van der Waals surface area contributed by atoms with E-state index in [4.69, 9.17) is 4.74 Å². The van der Waals surface area contributed by atoms with Crippen molar-refractivity contribution in [2.24, 2.45) is 17.8 Å². The number of carbonyl (C=O) groups is 3. The number of nitro benzene ring substituents is 1. The van der Waals surface area contributed by atoms with Crippen molar-refractivity contribution in [1.29, 1.82) is 0 Å². The Bertz CT molecular complexity index is 1810. The number of non-ortho nitro benzene ring substituents is 1. The lowest BCUT2D eigenvalue weighted by molar-refractivity contribution is -0.384. The predicted octanol–water partition coefficient (Wildman–Crippen LogP) is 5.58. The summed E-state index contributed by atoms with van der Waals surface area (Å²) in [4.78, 5) is 54.0. The minimum Gasteiger partial charge on any atom is -0.425 e. The summed E-state index contributed by atoms with van der Waals surface area (Å²) in [5, 5.41) is 13.2. The Morgan fingerprint density at radius 3 is 2.35 bits per heavy atom. The van der Waals surface area contributed by atoms with Crippen molar-refractivity contribution >= 4 is 45.5 Å². The topological polar surface area (TPSA) is 107 Å². The van der Waals surface area contributed by atoms with Crippen LogP contribution in [0.4, 0.5) is 11.4 Å². The molecule has 2 heterocycles. The van der Waals surface area contributed by atoms with Crippen molar-refractivity contribution < 1.29 is 24.0 Å². The highest BCUT2D eigenvalue weighted by Gasteiger charge is 2.60. The van der Waals surface area contributed by atoms with Crippen LogP contribution in [-0.4, -0.2) is 22.7 Å². The molecule has 0 N–H and O–H groups in total. The Balaban J connectivity index is 1.44. The fourth-order valence-electron chi connectivity index (χ4n) is 6.48.